The van der Waals surface area contributed by atoms with Crippen molar-refractivity contribution in [3.05, 3.63) is 11.6 Å². The monoisotopic (exact) mass is 156 g/mol. The van der Waals surface area contributed by atoms with E-state index in [0.717, 1.165) is 18.4 Å². The minimum absolute atomic E-state index is 0.0939. The average Bonchev–Trinajstić information content (AvgIpc) is 1.98. The molecule has 0 aliphatic heterocycles. The molecule has 0 saturated heterocycles. The predicted molar refractivity (Wildman–Crippen MR) is 44.2 cm³/mol. The summed E-state index contributed by atoms with van der Waals surface area (Å²) in [4.78, 5) is 0. The van der Waals surface area contributed by atoms with Crippen LogP contribution in [0.1, 0.15) is 26.7 Å². The van der Waals surface area contributed by atoms with E-state index in [1.165, 1.54) is 0 Å². The minimum atomic E-state index is -0.283. The summed E-state index contributed by atoms with van der Waals surface area (Å²) in [5.41, 5.74) is 0.899. The second-order valence-electron chi connectivity index (χ2n) is 3.75. The molecule has 0 fully saturated rings. The first kappa shape index (κ1) is 8.75. The van der Waals surface area contributed by atoms with Crippen LogP contribution in [0.25, 0.3) is 0 Å². The Bertz CT molecular complexity index is 174. The van der Waals surface area contributed by atoms with Crippen molar-refractivity contribution in [1.82, 2.24) is 0 Å². The van der Waals surface area contributed by atoms with E-state index in [1.807, 2.05) is 19.9 Å². The summed E-state index contributed by atoms with van der Waals surface area (Å²) in [6, 6.07) is 0. The third-order valence-corrected chi connectivity index (χ3v) is 2.45. The van der Waals surface area contributed by atoms with Crippen molar-refractivity contribution >= 4 is 0 Å². The van der Waals surface area contributed by atoms with E-state index >= 15 is 0 Å². The first-order valence-electron chi connectivity index (χ1n) is 4.06. The maximum atomic E-state index is 9.36. The van der Waals surface area contributed by atoms with E-state index in [0.29, 0.717) is 0 Å². The minimum Gasteiger partial charge on any atom is -0.395 e. The van der Waals surface area contributed by atoms with Crippen molar-refractivity contribution in [3.8, 4) is 0 Å². The third-order valence-electron chi connectivity index (χ3n) is 2.45. The summed E-state index contributed by atoms with van der Waals surface area (Å²) in [7, 11) is 0. The van der Waals surface area contributed by atoms with Gasteiger partial charge in [0, 0.05) is 5.41 Å². The molecule has 64 valence electrons. The van der Waals surface area contributed by atoms with Crippen molar-refractivity contribution in [3.63, 3.8) is 0 Å². The highest BCUT2D eigenvalue weighted by molar-refractivity contribution is 5.14. The highest BCUT2D eigenvalue weighted by Crippen LogP contribution is 2.32. The van der Waals surface area contributed by atoms with Crippen LogP contribution < -0.4 is 0 Å². The second-order valence-corrected chi connectivity index (χ2v) is 3.75. The summed E-state index contributed by atoms with van der Waals surface area (Å²) in [5, 5.41) is 18.4. The highest BCUT2D eigenvalue weighted by Gasteiger charge is 2.27. The maximum absolute atomic E-state index is 9.36. The lowest BCUT2D eigenvalue weighted by Gasteiger charge is -2.31. The van der Waals surface area contributed by atoms with E-state index in [2.05, 4.69) is 0 Å². The molecular formula is C9H16O2. The standard InChI is InChI=1S/C9H16O2/c1-7-5-9(2,6-10)4-3-8(7)11/h5,8,10-11H,3-4,6H2,1-2H3. The molecular weight excluding hydrogens is 140 g/mol. The molecule has 0 spiro atoms. The molecule has 2 N–H and O–H groups in total. The zero-order chi connectivity index (χ0) is 8.48. The Labute approximate surface area is 67.6 Å². The summed E-state index contributed by atoms with van der Waals surface area (Å²) >= 11 is 0. The zero-order valence-corrected chi connectivity index (χ0v) is 7.17. The molecule has 0 radical (unpaired) electrons. The van der Waals surface area contributed by atoms with Crippen molar-refractivity contribution in [2.24, 2.45) is 5.41 Å². The molecule has 2 heteroatoms. The first-order chi connectivity index (χ1) is 5.07. The van der Waals surface area contributed by atoms with E-state index in [9.17, 15) is 5.11 Å². The molecule has 0 aromatic carbocycles. The molecule has 1 rings (SSSR count). The Morgan fingerprint density at radius 3 is 2.82 bits per heavy atom. The predicted octanol–water partition coefficient (Wildman–Crippen LogP) is 1.09. The summed E-state index contributed by atoms with van der Waals surface area (Å²) < 4.78 is 0. The van der Waals surface area contributed by atoms with Gasteiger partial charge in [0.15, 0.2) is 0 Å². The van der Waals surface area contributed by atoms with Crippen molar-refractivity contribution in [1.29, 1.82) is 0 Å². The molecule has 2 nitrogen and oxygen atoms in total. The Kier molecular flexibility index (Phi) is 2.35. The first-order valence-corrected chi connectivity index (χ1v) is 4.06. The van der Waals surface area contributed by atoms with Gasteiger partial charge in [-0.2, -0.15) is 0 Å². The van der Waals surface area contributed by atoms with Gasteiger partial charge in [-0.05, 0) is 25.3 Å². The fourth-order valence-corrected chi connectivity index (χ4v) is 1.54. The van der Waals surface area contributed by atoms with Gasteiger partial charge in [0.05, 0.1) is 12.7 Å². The Morgan fingerprint density at radius 1 is 1.73 bits per heavy atom. The third kappa shape index (κ3) is 1.82. The molecule has 11 heavy (non-hydrogen) atoms. The lowest BCUT2D eigenvalue weighted by molar-refractivity contribution is 0.120. The zero-order valence-electron chi connectivity index (χ0n) is 7.17. The topological polar surface area (TPSA) is 40.5 Å². The van der Waals surface area contributed by atoms with Crippen LogP contribution in [0.15, 0.2) is 11.6 Å². The fourth-order valence-electron chi connectivity index (χ4n) is 1.54. The van der Waals surface area contributed by atoms with Gasteiger partial charge in [0.2, 0.25) is 0 Å². The van der Waals surface area contributed by atoms with Crippen LogP contribution in [0.3, 0.4) is 0 Å². The normalized spacial score (nSPS) is 38.5. The molecule has 1 aliphatic rings. The molecule has 2 unspecified atom stereocenters. The highest BCUT2D eigenvalue weighted by atomic mass is 16.3. The summed E-state index contributed by atoms with van der Waals surface area (Å²) in [5.74, 6) is 0. The SMILES string of the molecule is CC1=CC(C)(CO)CCC1O. The van der Waals surface area contributed by atoms with E-state index in [4.69, 9.17) is 5.11 Å². The van der Waals surface area contributed by atoms with Gasteiger partial charge in [-0.1, -0.05) is 13.0 Å². The van der Waals surface area contributed by atoms with Gasteiger partial charge in [-0.25, -0.2) is 0 Å². The van der Waals surface area contributed by atoms with E-state index in [1.54, 1.807) is 0 Å². The van der Waals surface area contributed by atoms with Crippen LogP contribution in [0, 0.1) is 5.41 Å². The van der Waals surface area contributed by atoms with Crippen LogP contribution >= 0.6 is 0 Å². The van der Waals surface area contributed by atoms with Gasteiger partial charge in [-0.15, -0.1) is 0 Å². The maximum Gasteiger partial charge on any atom is 0.0748 e. The number of hydrogen-bond acceptors (Lipinski definition) is 2. The van der Waals surface area contributed by atoms with Crippen LogP contribution in [0.4, 0.5) is 0 Å². The van der Waals surface area contributed by atoms with Crippen molar-refractivity contribution < 1.29 is 10.2 Å². The fraction of sp³-hybridized carbons (Fsp3) is 0.778. The quantitative estimate of drug-likeness (QED) is 0.558. The van der Waals surface area contributed by atoms with E-state index in [-0.39, 0.29) is 18.1 Å². The molecule has 1 aliphatic carbocycles. The molecule has 0 saturated carbocycles. The molecule has 0 amide bonds. The molecule has 2 atom stereocenters. The number of hydrogen-bond donors (Lipinski definition) is 2. The summed E-state index contributed by atoms with van der Waals surface area (Å²) in [6.45, 7) is 4.11. The van der Waals surface area contributed by atoms with Gasteiger partial charge >= 0.3 is 0 Å². The summed E-state index contributed by atoms with van der Waals surface area (Å²) in [6.07, 6.45) is 3.36. The van der Waals surface area contributed by atoms with Crippen LogP contribution in [0.2, 0.25) is 0 Å². The van der Waals surface area contributed by atoms with Crippen LogP contribution in [-0.2, 0) is 0 Å². The Hall–Kier alpha value is -0.340. The number of rotatable bonds is 1. The van der Waals surface area contributed by atoms with Gasteiger partial charge in [-0.3, -0.25) is 0 Å². The van der Waals surface area contributed by atoms with Crippen LogP contribution in [-0.4, -0.2) is 22.9 Å². The van der Waals surface area contributed by atoms with Crippen molar-refractivity contribution in [2.45, 2.75) is 32.8 Å². The average molecular weight is 156 g/mol. The lowest BCUT2D eigenvalue weighted by atomic mass is 9.78. The van der Waals surface area contributed by atoms with Crippen molar-refractivity contribution in [2.75, 3.05) is 6.61 Å². The lowest BCUT2D eigenvalue weighted by Crippen LogP contribution is -2.27. The Balaban J connectivity index is 2.76. The largest absolute Gasteiger partial charge is 0.395 e. The molecule has 0 aromatic rings. The number of aliphatic hydroxyl groups excluding tert-OH is 2. The number of aliphatic hydroxyl groups is 2. The van der Waals surface area contributed by atoms with Gasteiger partial charge in [0.25, 0.3) is 0 Å². The van der Waals surface area contributed by atoms with E-state index < -0.39 is 0 Å². The van der Waals surface area contributed by atoms with Gasteiger partial charge in [0.1, 0.15) is 0 Å². The smallest absolute Gasteiger partial charge is 0.0748 e. The molecule has 0 heterocycles. The molecule has 0 aromatic heterocycles. The van der Waals surface area contributed by atoms with Crippen LogP contribution in [0.5, 0.6) is 0 Å². The molecule has 0 bridgehead atoms. The Morgan fingerprint density at radius 2 is 2.36 bits per heavy atom. The second kappa shape index (κ2) is 2.95. The van der Waals surface area contributed by atoms with Gasteiger partial charge < -0.3 is 10.2 Å².